The van der Waals surface area contributed by atoms with Crippen molar-refractivity contribution in [3.63, 3.8) is 0 Å². The number of nitrogens with one attached hydrogen (secondary N) is 1. The van der Waals surface area contributed by atoms with Crippen LogP contribution in [0.2, 0.25) is 0 Å². The Morgan fingerprint density at radius 1 is 1.37 bits per heavy atom. The smallest absolute Gasteiger partial charge is 0.110 e. The van der Waals surface area contributed by atoms with Crippen LogP contribution in [0.15, 0.2) is 24.7 Å². The number of ether oxygens (including phenoxy) is 1. The van der Waals surface area contributed by atoms with Gasteiger partial charge in [0, 0.05) is 58.8 Å². The molecule has 2 heterocycles. The molecule has 0 aliphatic rings. The van der Waals surface area contributed by atoms with E-state index in [2.05, 4.69) is 15.4 Å². The minimum Gasteiger partial charge on any atom is -0.383 e. The van der Waals surface area contributed by atoms with Crippen LogP contribution in [0.5, 0.6) is 0 Å². The van der Waals surface area contributed by atoms with Gasteiger partial charge < -0.3 is 14.6 Å². The van der Waals surface area contributed by atoms with Crippen molar-refractivity contribution >= 4 is 0 Å². The summed E-state index contributed by atoms with van der Waals surface area (Å²) in [6, 6.07) is 2.04. The lowest BCUT2D eigenvalue weighted by Crippen LogP contribution is -2.19. The van der Waals surface area contributed by atoms with E-state index >= 15 is 0 Å². The average molecular weight is 263 g/mol. The highest BCUT2D eigenvalue weighted by Gasteiger charge is 2.02. The number of hydrogen-bond donors (Lipinski definition) is 1. The van der Waals surface area contributed by atoms with E-state index in [1.807, 2.05) is 41.0 Å². The number of imidazole rings is 1. The normalized spacial score (nSPS) is 11.1. The van der Waals surface area contributed by atoms with E-state index in [0.29, 0.717) is 0 Å². The zero-order chi connectivity index (χ0) is 13.5. The summed E-state index contributed by atoms with van der Waals surface area (Å²) in [4.78, 5) is 4.30. The van der Waals surface area contributed by atoms with Gasteiger partial charge in [0.2, 0.25) is 0 Å². The monoisotopic (exact) mass is 263 g/mol. The summed E-state index contributed by atoms with van der Waals surface area (Å²) in [7, 11) is 3.71. The molecule has 0 amide bonds. The van der Waals surface area contributed by atoms with Gasteiger partial charge in [-0.3, -0.25) is 4.68 Å². The highest BCUT2D eigenvalue weighted by atomic mass is 16.5. The summed E-state index contributed by atoms with van der Waals surface area (Å²) in [6.07, 6.45) is 6.69. The van der Waals surface area contributed by atoms with E-state index in [1.165, 1.54) is 0 Å². The number of rotatable bonds is 8. The molecule has 0 saturated heterocycles. The van der Waals surface area contributed by atoms with E-state index in [9.17, 15) is 0 Å². The van der Waals surface area contributed by atoms with Gasteiger partial charge in [-0.05, 0) is 6.07 Å². The largest absolute Gasteiger partial charge is 0.383 e. The second kappa shape index (κ2) is 7.06. The van der Waals surface area contributed by atoms with Gasteiger partial charge in [-0.1, -0.05) is 0 Å². The van der Waals surface area contributed by atoms with Crippen molar-refractivity contribution in [3.05, 3.63) is 36.2 Å². The SMILES string of the molecule is COCCNCc1ccn(CCc2nccn2C)n1. The third-order valence-corrected chi connectivity index (χ3v) is 2.97. The Bertz CT molecular complexity index is 491. The Morgan fingerprint density at radius 2 is 2.26 bits per heavy atom. The van der Waals surface area contributed by atoms with Gasteiger partial charge in [-0.2, -0.15) is 5.10 Å². The number of methoxy groups -OCH3 is 1. The van der Waals surface area contributed by atoms with Gasteiger partial charge in [0.1, 0.15) is 5.82 Å². The van der Waals surface area contributed by atoms with Crippen LogP contribution >= 0.6 is 0 Å². The van der Waals surface area contributed by atoms with Crippen molar-refractivity contribution in [1.29, 1.82) is 0 Å². The van der Waals surface area contributed by atoms with E-state index in [0.717, 1.165) is 44.2 Å². The van der Waals surface area contributed by atoms with Gasteiger partial charge in [-0.25, -0.2) is 4.98 Å². The first-order valence-corrected chi connectivity index (χ1v) is 6.48. The maximum Gasteiger partial charge on any atom is 0.110 e. The van der Waals surface area contributed by atoms with Crippen molar-refractivity contribution < 1.29 is 4.74 Å². The highest BCUT2D eigenvalue weighted by molar-refractivity contribution is 4.99. The first kappa shape index (κ1) is 13.8. The Morgan fingerprint density at radius 3 is 3.00 bits per heavy atom. The molecular formula is C13H21N5O. The molecule has 0 aromatic carbocycles. The van der Waals surface area contributed by atoms with Crippen LogP contribution < -0.4 is 5.32 Å². The van der Waals surface area contributed by atoms with Crippen molar-refractivity contribution in [2.75, 3.05) is 20.3 Å². The fourth-order valence-corrected chi connectivity index (χ4v) is 1.87. The Balaban J connectivity index is 1.76. The summed E-state index contributed by atoms with van der Waals surface area (Å²) in [6.45, 7) is 3.19. The van der Waals surface area contributed by atoms with Crippen molar-refractivity contribution in [1.82, 2.24) is 24.6 Å². The molecule has 0 aliphatic heterocycles. The van der Waals surface area contributed by atoms with Crippen LogP contribution in [0.1, 0.15) is 11.5 Å². The van der Waals surface area contributed by atoms with Crippen LogP contribution in [0.4, 0.5) is 0 Å². The topological polar surface area (TPSA) is 56.9 Å². The van der Waals surface area contributed by atoms with Crippen molar-refractivity contribution in [2.45, 2.75) is 19.5 Å². The van der Waals surface area contributed by atoms with Crippen LogP contribution in [0.3, 0.4) is 0 Å². The van der Waals surface area contributed by atoms with Crippen LogP contribution in [-0.4, -0.2) is 39.6 Å². The second-order valence-electron chi connectivity index (χ2n) is 4.44. The zero-order valence-corrected chi connectivity index (χ0v) is 11.5. The molecule has 0 saturated carbocycles. The van der Waals surface area contributed by atoms with Gasteiger partial charge in [0.05, 0.1) is 12.3 Å². The summed E-state index contributed by atoms with van der Waals surface area (Å²) >= 11 is 0. The van der Waals surface area contributed by atoms with Crippen molar-refractivity contribution in [2.24, 2.45) is 7.05 Å². The molecule has 0 radical (unpaired) electrons. The molecule has 0 unspecified atom stereocenters. The molecule has 2 aromatic rings. The first-order chi connectivity index (χ1) is 9.29. The Hall–Kier alpha value is -1.66. The predicted molar refractivity (Wildman–Crippen MR) is 72.7 cm³/mol. The fourth-order valence-electron chi connectivity index (χ4n) is 1.87. The quantitative estimate of drug-likeness (QED) is 0.708. The molecular weight excluding hydrogens is 242 g/mol. The molecule has 0 atom stereocenters. The van der Waals surface area contributed by atoms with Gasteiger partial charge in [0.25, 0.3) is 0 Å². The Kier molecular flexibility index (Phi) is 5.11. The molecule has 6 heteroatoms. The molecule has 0 aliphatic carbocycles. The lowest BCUT2D eigenvalue weighted by molar-refractivity contribution is 0.199. The molecule has 0 fully saturated rings. The number of hydrogen-bond acceptors (Lipinski definition) is 4. The lowest BCUT2D eigenvalue weighted by Gasteiger charge is -2.03. The average Bonchev–Trinajstić information content (AvgIpc) is 3.01. The number of aryl methyl sites for hydroxylation is 3. The minimum atomic E-state index is 0.722. The molecule has 6 nitrogen and oxygen atoms in total. The van der Waals surface area contributed by atoms with Crippen LogP contribution in [0.25, 0.3) is 0 Å². The molecule has 19 heavy (non-hydrogen) atoms. The van der Waals surface area contributed by atoms with E-state index < -0.39 is 0 Å². The fraction of sp³-hybridized carbons (Fsp3) is 0.538. The second-order valence-corrected chi connectivity index (χ2v) is 4.44. The van der Waals surface area contributed by atoms with Crippen molar-refractivity contribution in [3.8, 4) is 0 Å². The number of aromatic nitrogens is 4. The van der Waals surface area contributed by atoms with Gasteiger partial charge in [-0.15, -0.1) is 0 Å². The standard InChI is InChI=1S/C13H21N5O/c1-17-9-5-15-13(17)4-8-18-7-3-12(16-18)11-14-6-10-19-2/h3,5,7,9,14H,4,6,8,10-11H2,1-2H3. The summed E-state index contributed by atoms with van der Waals surface area (Å²) in [5, 5.41) is 7.79. The summed E-state index contributed by atoms with van der Waals surface area (Å²) < 4.78 is 8.98. The minimum absolute atomic E-state index is 0.722. The van der Waals surface area contributed by atoms with E-state index in [4.69, 9.17) is 4.74 Å². The van der Waals surface area contributed by atoms with E-state index in [-0.39, 0.29) is 0 Å². The van der Waals surface area contributed by atoms with E-state index in [1.54, 1.807) is 7.11 Å². The third-order valence-electron chi connectivity index (χ3n) is 2.97. The molecule has 104 valence electrons. The molecule has 2 rings (SSSR count). The zero-order valence-electron chi connectivity index (χ0n) is 11.5. The molecule has 0 bridgehead atoms. The van der Waals surface area contributed by atoms with Gasteiger partial charge in [0.15, 0.2) is 0 Å². The maximum absolute atomic E-state index is 4.98. The molecule has 1 N–H and O–H groups in total. The van der Waals surface area contributed by atoms with Gasteiger partial charge >= 0.3 is 0 Å². The third kappa shape index (κ3) is 4.18. The first-order valence-electron chi connectivity index (χ1n) is 6.48. The lowest BCUT2D eigenvalue weighted by atomic mass is 10.4. The predicted octanol–water partition coefficient (Wildman–Crippen LogP) is 0.595. The number of nitrogens with zero attached hydrogens (tertiary/aromatic N) is 4. The Labute approximate surface area is 113 Å². The van der Waals surface area contributed by atoms with Crippen LogP contribution in [0, 0.1) is 0 Å². The highest BCUT2D eigenvalue weighted by Crippen LogP contribution is 2.00. The molecule has 2 aromatic heterocycles. The summed E-state index contributed by atoms with van der Waals surface area (Å²) in [5.74, 6) is 1.08. The molecule has 0 spiro atoms. The van der Waals surface area contributed by atoms with Crippen LogP contribution in [-0.2, 0) is 31.3 Å². The summed E-state index contributed by atoms with van der Waals surface area (Å²) in [5.41, 5.74) is 1.05. The maximum atomic E-state index is 4.98.